The average Bonchev–Trinajstić information content (AvgIpc) is 2.48. The number of carbonyl (C=O) groups excluding carboxylic acids is 2. The maximum absolute atomic E-state index is 12.8. The number of nitrogens with one attached hydrogen (secondary N) is 1. The summed E-state index contributed by atoms with van der Waals surface area (Å²) in [5, 5.41) is 2.67. The molecule has 4 nitrogen and oxygen atoms in total. The maximum Gasteiger partial charge on any atom is 0.343 e. The number of rotatable bonds is 4. The van der Waals surface area contributed by atoms with Crippen molar-refractivity contribution in [2.24, 2.45) is 0 Å². The van der Waals surface area contributed by atoms with Gasteiger partial charge in [0.15, 0.2) is 0 Å². The van der Waals surface area contributed by atoms with E-state index in [9.17, 15) is 14.0 Å². The summed E-state index contributed by atoms with van der Waals surface area (Å²) in [5.74, 6) is -0.833. The number of ether oxygens (including phenoxy) is 1. The molecule has 0 heterocycles. The number of hydrogen-bond acceptors (Lipinski definition) is 3. The van der Waals surface area contributed by atoms with Crippen LogP contribution in [-0.4, -0.2) is 11.9 Å². The monoisotopic (exact) mass is 287 g/mol. The highest BCUT2D eigenvalue weighted by Gasteiger charge is 2.09. The first-order chi connectivity index (χ1) is 10.1. The fraction of sp³-hybridized carbons (Fsp3) is 0.125. The van der Waals surface area contributed by atoms with Gasteiger partial charge in [0.25, 0.3) is 0 Å². The first-order valence-corrected chi connectivity index (χ1v) is 6.46. The van der Waals surface area contributed by atoms with E-state index in [1.165, 1.54) is 24.3 Å². The molecule has 0 aliphatic rings. The lowest BCUT2D eigenvalue weighted by Crippen LogP contribution is -2.11. The van der Waals surface area contributed by atoms with E-state index in [4.69, 9.17) is 4.74 Å². The minimum absolute atomic E-state index is 0.128. The van der Waals surface area contributed by atoms with E-state index >= 15 is 0 Å². The predicted octanol–water partition coefficient (Wildman–Crippen LogP) is 3.39. The van der Waals surface area contributed by atoms with Crippen LogP contribution in [0.25, 0.3) is 0 Å². The summed E-state index contributed by atoms with van der Waals surface area (Å²) in [4.78, 5) is 23.2. The van der Waals surface area contributed by atoms with Crippen molar-refractivity contribution in [2.75, 3.05) is 5.32 Å². The Hall–Kier alpha value is -2.69. The van der Waals surface area contributed by atoms with Gasteiger partial charge >= 0.3 is 5.97 Å². The second-order valence-corrected chi connectivity index (χ2v) is 4.33. The van der Waals surface area contributed by atoms with Gasteiger partial charge in [-0.15, -0.1) is 0 Å². The zero-order valence-electron chi connectivity index (χ0n) is 11.4. The van der Waals surface area contributed by atoms with Crippen LogP contribution in [0.2, 0.25) is 0 Å². The Kier molecular flexibility index (Phi) is 4.66. The van der Waals surface area contributed by atoms with Crippen LogP contribution in [0.4, 0.5) is 10.1 Å². The van der Waals surface area contributed by atoms with Crippen LogP contribution < -0.4 is 10.1 Å². The second-order valence-electron chi connectivity index (χ2n) is 4.33. The zero-order chi connectivity index (χ0) is 15.2. The van der Waals surface area contributed by atoms with Gasteiger partial charge < -0.3 is 10.1 Å². The molecular weight excluding hydrogens is 273 g/mol. The number of benzene rings is 2. The molecule has 0 aliphatic carbocycles. The standard InChI is InChI=1S/C16H14FNO3/c1-2-15(19)18-13-4-3-5-14(10-13)21-16(20)11-6-8-12(17)9-7-11/h3-10H,2H2,1H3,(H,18,19). The van der Waals surface area contributed by atoms with E-state index in [2.05, 4.69) is 5.32 Å². The summed E-state index contributed by atoms with van der Waals surface area (Å²) in [7, 11) is 0. The lowest BCUT2D eigenvalue weighted by molar-refractivity contribution is -0.115. The summed E-state index contributed by atoms with van der Waals surface area (Å²) in [6.45, 7) is 1.74. The molecule has 0 saturated heterocycles. The van der Waals surface area contributed by atoms with Crippen molar-refractivity contribution in [3.63, 3.8) is 0 Å². The maximum atomic E-state index is 12.8. The summed E-state index contributed by atoms with van der Waals surface area (Å²) < 4.78 is 18.0. The smallest absolute Gasteiger partial charge is 0.343 e. The van der Waals surface area contributed by atoms with Crippen LogP contribution >= 0.6 is 0 Å². The fourth-order valence-corrected chi connectivity index (χ4v) is 1.64. The Morgan fingerprint density at radius 3 is 2.52 bits per heavy atom. The minimum Gasteiger partial charge on any atom is -0.423 e. The number of hydrogen-bond donors (Lipinski definition) is 1. The molecule has 0 radical (unpaired) electrons. The van der Waals surface area contributed by atoms with Gasteiger partial charge in [-0.2, -0.15) is 0 Å². The Morgan fingerprint density at radius 1 is 1.14 bits per heavy atom. The number of esters is 1. The summed E-state index contributed by atoms with van der Waals surface area (Å²) >= 11 is 0. The van der Waals surface area contributed by atoms with E-state index in [-0.39, 0.29) is 11.5 Å². The molecule has 5 heteroatoms. The van der Waals surface area contributed by atoms with Crippen LogP contribution in [0, 0.1) is 5.82 Å². The largest absolute Gasteiger partial charge is 0.423 e. The van der Waals surface area contributed by atoms with Crippen molar-refractivity contribution in [1.82, 2.24) is 0 Å². The molecule has 21 heavy (non-hydrogen) atoms. The van der Waals surface area contributed by atoms with E-state index in [1.54, 1.807) is 31.2 Å². The molecule has 2 aromatic carbocycles. The van der Waals surface area contributed by atoms with E-state index in [0.717, 1.165) is 0 Å². The molecule has 1 N–H and O–H groups in total. The van der Waals surface area contributed by atoms with Crippen molar-refractivity contribution in [3.05, 3.63) is 59.9 Å². The molecule has 0 bridgehead atoms. The van der Waals surface area contributed by atoms with Crippen LogP contribution in [0.3, 0.4) is 0 Å². The van der Waals surface area contributed by atoms with Gasteiger partial charge in [-0.25, -0.2) is 9.18 Å². The average molecular weight is 287 g/mol. The topological polar surface area (TPSA) is 55.4 Å². The third-order valence-corrected chi connectivity index (χ3v) is 2.73. The van der Waals surface area contributed by atoms with Crippen molar-refractivity contribution in [1.29, 1.82) is 0 Å². The highest BCUT2D eigenvalue weighted by molar-refractivity contribution is 5.92. The molecule has 0 atom stereocenters. The van der Waals surface area contributed by atoms with Gasteiger partial charge in [-0.05, 0) is 36.4 Å². The second kappa shape index (κ2) is 6.65. The van der Waals surface area contributed by atoms with Crippen molar-refractivity contribution >= 4 is 17.6 Å². The Morgan fingerprint density at radius 2 is 1.86 bits per heavy atom. The molecule has 0 spiro atoms. The number of amides is 1. The zero-order valence-corrected chi connectivity index (χ0v) is 11.4. The summed E-state index contributed by atoms with van der Waals surface area (Å²) in [6.07, 6.45) is 0.361. The van der Waals surface area contributed by atoms with Gasteiger partial charge in [-0.3, -0.25) is 4.79 Å². The molecule has 1 amide bonds. The van der Waals surface area contributed by atoms with Crippen molar-refractivity contribution in [2.45, 2.75) is 13.3 Å². The molecule has 0 unspecified atom stereocenters. The number of carbonyl (C=O) groups is 2. The molecule has 0 saturated carbocycles. The minimum atomic E-state index is -0.589. The summed E-state index contributed by atoms with van der Waals surface area (Å²) in [5.41, 5.74) is 0.797. The first kappa shape index (κ1) is 14.7. The molecular formula is C16H14FNO3. The normalized spacial score (nSPS) is 10.0. The van der Waals surface area contributed by atoms with Crippen LogP contribution in [0.1, 0.15) is 23.7 Å². The molecule has 0 aliphatic heterocycles. The third kappa shape index (κ3) is 4.14. The molecule has 108 valence electrons. The lowest BCUT2D eigenvalue weighted by atomic mass is 10.2. The fourth-order valence-electron chi connectivity index (χ4n) is 1.64. The van der Waals surface area contributed by atoms with Crippen LogP contribution in [0.5, 0.6) is 5.75 Å². The van der Waals surface area contributed by atoms with Gasteiger partial charge in [0.1, 0.15) is 11.6 Å². The van der Waals surface area contributed by atoms with Crippen molar-refractivity contribution in [3.8, 4) is 5.75 Å². The molecule has 2 rings (SSSR count). The molecule has 0 aromatic heterocycles. The molecule has 2 aromatic rings. The van der Waals surface area contributed by atoms with Crippen LogP contribution in [0.15, 0.2) is 48.5 Å². The SMILES string of the molecule is CCC(=O)Nc1cccc(OC(=O)c2ccc(F)cc2)c1. The number of halogens is 1. The Labute approximate surface area is 121 Å². The highest BCUT2D eigenvalue weighted by Crippen LogP contribution is 2.19. The quantitative estimate of drug-likeness (QED) is 0.692. The first-order valence-electron chi connectivity index (χ1n) is 6.46. The summed E-state index contributed by atoms with van der Waals surface area (Å²) in [6, 6.07) is 11.6. The Balaban J connectivity index is 2.08. The number of anilines is 1. The third-order valence-electron chi connectivity index (χ3n) is 2.73. The van der Waals surface area contributed by atoms with E-state index < -0.39 is 11.8 Å². The van der Waals surface area contributed by atoms with Gasteiger partial charge in [0.2, 0.25) is 5.91 Å². The van der Waals surface area contributed by atoms with Crippen molar-refractivity contribution < 1.29 is 18.7 Å². The Bertz CT molecular complexity index is 653. The lowest BCUT2D eigenvalue weighted by Gasteiger charge is -2.07. The van der Waals surface area contributed by atoms with Gasteiger partial charge in [0, 0.05) is 18.2 Å². The highest BCUT2D eigenvalue weighted by atomic mass is 19.1. The van der Waals surface area contributed by atoms with Gasteiger partial charge in [0.05, 0.1) is 5.56 Å². The molecule has 0 fully saturated rings. The predicted molar refractivity (Wildman–Crippen MR) is 76.7 cm³/mol. The van der Waals surface area contributed by atoms with E-state index in [1.807, 2.05) is 0 Å². The van der Waals surface area contributed by atoms with Gasteiger partial charge in [-0.1, -0.05) is 13.0 Å². The van der Waals surface area contributed by atoms with Crippen LogP contribution in [-0.2, 0) is 4.79 Å². The van der Waals surface area contributed by atoms with E-state index in [0.29, 0.717) is 17.9 Å².